The van der Waals surface area contributed by atoms with E-state index in [1.54, 1.807) is 24.4 Å². The van der Waals surface area contributed by atoms with Gasteiger partial charge in [-0.25, -0.2) is 0 Å². The molecule has 3 heterocycles. The Bertz CT molecular complexity index is 1280. The van der Waals surface area contributed by atoms with Crippen molar-refractivity contribution in [3.8, 4) is 17.1 Å². The molecule has 0 aliphatic carbocycles. The highest BCUT2D eigenvalue weighted by molar-refractivity contribution is 7.80. The number of benzene rings is 2. The number of phenolic OH excluding ortho intramolecular Hbond substituents is 1. The Morgan fingerprint density at radius 2 is 1.75 bits per heavy atom. The molecule has 4 aromatic rings. The van der Waals surface area contributed by atoms with Gasteiger partial charge in [0.1, 0.15) is 23.3 Å². The smallest absolute Gasteiger partial charge is 0.174 e. The number of halogens is 2. The molecule has 0 amide bonds. The summed E-state index contributed by atoms with van der Waals surface area (Å²) in [6.45, 7) is 0. The summed E-state index contributed by atoms with van der Waals surface area (Å²) in [5, 5.41) is 15.5. The van der Waals surface area contributed by atoms with E-state index < -0.39 is 6.04 Å². The highest BCUT2D eigenvalue weighted by Gasteiger charge is 2.43. The van der Waals surface area contributed by atoms with Crippen molar-refractivity contribution in [1.82, 2.24) is 10.3 Å². The van der Waals surface area contributed by atoms with Gasteiger partial charge in [-0.15, -0.1) is 0 Å². The summed E-state index contributed by atoms with van der Waals surface area (Å²) >= 11 is 17.9. The second-order valence-corrected chi connectivity index (χ2v) is 8.60. The van der Waals surface area contributed by atoms with Crippen molar-refractivity contribution in [1.29, 1.82) is 0 Å². The summed E-state index contributed by atoms with van der Waals surface area (Å²) in [6, 6.07) is 21.1. The monoisotopic (exact) mass is 481 g/mol. The van der Waals surface area contributed by atoms with E-state index in [1.807, 2.05) is 59.5 Å². The molecular formula is C24H17Cl2N3O2S. The molecule has 2 atom stereocenters. The zero-order valence-electron chi connectivity index (χ0n) is 16.6. The number of pyridine rings is 1. The van der Waals surface area contributed by atoms with Crippen LogP contribution in [0.25, 0.3) is 11.3 Å². The molecule has 2 aromatic heterocycles. The van der Waals surface area contributed by atoms with Crippen molar-refractivity contribution < 1.29 is 9.52 Å². The normalized spacial score (nSPS) is 18.1. The largest absolute Gasteiger partial charge is 0.506 e. The van der Waals surface area contributed by atoms with Crippen LogP contribution in [0.3, 0.4) is 0 Å². The van der Waals surface area contributed by atoms with Gasteiger partial charge in [0.25, 0.3) is 0 Å². The minimum atomic E-state index is -0.400. The van der Waals surface area contributed by atoms with Crippen molar-refractivity contribution in [3.05, 3.63) is 100 Å². The first kappa shape index (κ1) is 20.8. The molecule has 1 aliphatic rings. The predicted molar refractivity (Wildman–Crippen MR) is 130 cm³/mol. The Kier molecular flexibility index (Phi) is 5.51. The van der Waals surface area contributed by atoms with Gasteiger partial charge in [-0.05, 0) is 78.9 Å². The molecule has 0 saturated carbocycles. The molecule has 2 N–H and O–H groups in total. The highest BCUT2D eigenvalue weighted by atomic mass is 35.5. The van der Waals surface area contributed by atoms with Gasteiger partial charge in [-0.2, -0.15) is 0 Å². The first-order valence-electron chi connectivity index (χ1n) is 9.86. The lowest BCUT2D eigenvalue weighted by Crippen LogP contribution is -2.29. The average Bonchev–Trinajstić information content (AvgIpc) is 3.41. The van der Waals surface area contributed by atoms with E-state index in [9.17, 15) is 5.11 Å². The number of phenols is 1. The third-order valence-corrected chi connectivity index (χ3v) is 6.14. The van der Waals surface area contributed by atoms with E-state index in [0.717, 1.165) is 11.3 Å². The summed E-state index contributed by atoms with van der Waals surface area (Å²) in [4.78, 5) is 6.34. The molecule has 1 saturated heterocycles. The van der Waals surface area contributed by atoms with Crippen LogP contribution in [0.15, 0.2) is 83.4 Å². The topological polar surface area (TPSA) is 61.5 Å². The van der Waals surface area contributed by atoms with Crippen LogP contribution in [0, 0.1) is 0 Å². The fraction of sp³-hybridized carbons (Fsp3) is 0.0833. The highest BCUT2D eigenvalue weighted by Crippen LogP contribution is 2.45. The van der Waals surface area contributed by atoms with Gasteiger partial charge in [-0.1, -0.05) is 29.3 Å². The molecule has 160 valence electrons. The summed E-state index contributed by atoms with van der Waals surface area (Å²) in [6.07, 6.45) is 1.73. The van der Waals surface area contributed by atoms with Crippen LogP contribution in [0.1, 0.15) is 23.5 Å². The molecule has 0 radical (unpaired) electrons. The van der Waals surface area contributed by atoms with Crippen molar-refractivity contribution in [3.63, 3.8) is 0 Å². The Hall–Kier alpha value is -3.06. The molecule has 1 fully saturated rings. The van der Waals surface area contributed by atoms with E-state index in [2.05, 4.69) is 10.3 Å². The summed E-state index contributed by atoms with van der Waals surface area (Å²) in [5.41, 5.74) is 2.19. The van der Waals surface area contributed by atoms with E-state index in [0.29, 0.717) is 32.4 Å². The van der Waals surface area contributed by atoms with Crippen molar-refractivity contribution in [2.45, 2.75) is 12.1 Å². The number of hydrogen-bond donors (Lipinski definition) is 2. The molecular weight excluding hydrogens is 465 g/mol. The van der Waals surface area contributed by atoms with Crippen LogP contribution < -0.4 is 10.2 Å². The zero-order valence-corrected chi connectivity index (χ0v) is 18.9. The quantitative estimate of drug-likeness (QED) is 0.323. The summed E-state index contributed by atoms with van der Waals surface area (Å²) in [7, 11) is 0. The minimum absolute atomic E-state index is 0.0645. The maximum atomic E-state index is 10.6. The third kappa shape index (κ3) is 3.81. The Morgan fingerprint density at radius 3 is 2.50 bits per heavy atom. The van der Waals surface area contributed by atoms with Gasteiger partial charge in [0, 0.05) is 21.8 Å². The fourth-order valence-corrected chi connectivity index (χ4v) is 4.51. The first-order chi connectivity index (χ1) is 15.5. The molecule has 1 aliphatic heterocycles. The SMILES string of the molecule is Oc1ccc(Cl)cc1N1C(=S)NC(c2ccccn2)C1c1ccc(-c2ccc(Cl)cc2)o1. The molecule has 5 nitrogen and oxygen atoms in total. The average molecular weight is 482 g/mol. The predicted octanol–water partition coefficient (Wildman–Crippen LogP) is 6.53. The van der Waals surface area contributed by atoms with Crippen LogP contribution in [0.5, 0.6) is 5.75 Å². The molecule has 5 rings (SSSR count). The van der Waals surface area contributed by atoms with Gasteiger partial charge in [-0.3, -0.25) is 4.98 Å². The first-order valence-corrected chi connectivity index (χ1v) is 11.0. The molecule has 32 heavy (non-hydrogen) atoms. The molecule has 2 unspecified atom stereocenters. The van der Waals surface area contributed by atoms with Crippen LogP contribution in [-0.4, -0.2) is 15.2 Å². The Morgan fingerprint density at radius 1 is 0.969 bits per heavy atom. The maximum Gasteiger partial charge on any atom is 0.174 e. The van der Waals surface area contributed by atoms with Gasteiger partial charge in [0.2, 0.25) is 0 Å². The second-order valence-electron chi connectivity index (χ2n) is 7.34. The molecule has 2 aromatic carbocycles. The van der Waals surface area contributed by atoms with Crippen LogP contribution in [0.4, 0.5) is 5.69 Å². The number of hydrogen-bond acceptors (Lipinski definition) is 4. The van der Waals surface area contributed by atoms with Crippen molar-refractivity contribution in [2.24, 2.45) is 0 Å². The third-order valence-electron chi connectivity index (χ3n) is 5.34. The number of aromatic nitrogens is 1. The van der Waals surface area contributed by atoms with E-state index in [-0.39, 0.29) is 11.8 Å². The number of anilines is 1. The van der Waals surface area contributed by atoms with Crippen LogP contribution >= 0.6 is 35.4 Å². The Labute approximate surface area is 200 Å². The molecule has 0 spiro atoms. The van der Waals surface area contributed by atoms with Gasteiger partial charge < -0.3 is 19.7 Å². The lowest BCUT2D eigenvalue weighted by molar-refractivity contribution is 0.434. The molecule has 0 bridgehead atoms. The van der Waals surface area contributed by atoms with Crippen LogP contribution in [-0.2, 0) is 0 Å². The van der Waals surface area contributed by atoms with Gasteiger partial charge >= 0.3 is 0 Å². The second kappa shape index (κ2) is 8.47. The number of nitrogens with zero attached hydrogens (tertiary/aromatic N) is 2. The standard InChI is InChI=1S/C24H17Cl2N3O2S/c25-15-6-4-14(5-7-15)20-10-11-21(31-20)23-22(17-3-1-2-12-27-17)28-24(32)29(23)18-13-16(26)8-9-19(18)30/h1-13,22-23,30H,(H,28,32). The minimum Gasteiger partial charge on any atom is -0.506 e. The maximum absolute atomic E-state index is 10.6. The number of aromatic hydroxyl groups is 1. The fourth-order valence-electron chi connectivity index (χ4n) is 3.87. The van der Waals surface area contributed by atoms with Crippen molar-refractivity contribution in [2.75, 3.05) is 4.90 Å². The van der Waals surface area contributed by atoms with E-state index >= 15 is 0 Å². The number of nitrogens with one attached hydrogen (secondary N) is 1. The van der Waals surface area contributed by atoms with E-state index in [1.165, 1.54) is 0 Å². The zero-order chi connectivity index (χ0) is 22.2. The van der Waals surface area contributed by atoms with Crippen LogP contribution in [0.2, 0.25) is 10.0 Å². The Balaban J connectivity index is 1.62. The summed E-state index contributed by atoms with van der Waals surface area (Å²) < 4.78 is 6.29. The number of thiocarbonyl (C=S) groups is 1. The van der Waals surface area contributed by atoms with E-state index in [4.69, 9.17) is 39.8 Å². The van der Waals surface area contributed by atoms with Gasteiger partial charge in [0.05, 0.1) is 17.4 Å². The molecule has 8 heteroatoms. The summed E-state index contributed by atoms with van der Waals surface area (Å²) in [5.74, 6) is 1.43. The number of rotatable bonds is 4. The lowest BCUT2D eigenvalue weighted by Gasteiger charge is -2.26. The van der Waals surface area contributed by atoms with Crippen molar-refractivity contribution >= 4 is 46.2 Å². The van der Waals surface area contributed by atoms with Gasteiger partial charge in [0.15, 0.2) is 5.11 Å². The number of furan rings is 1. The lowest BCUT2D eigenvalue weighted by atomic mass is 10.0.